The molecule has 4 aromatic carbocycles. The molecule has 1 N–H and O–H groups in total. The predicted molar refractivity (Wildman–Crippen MR) is 226 cm³/mol. The third-order valence-corrected chi connectivity index (χ3v) is 16.9. The van der Waals surface area contributed by atoms with Crippen LogP contribution in [0, 0.1) is 5.92 Å². The number of amides is 2. The van der Waals surface area contributed by atoms with Crippen molar-refractivity contribution in [1.29, 1.82) is 0 Å². The molecule has 294 valence electrons. The molecule has 11 nitrogen and oxygen atoms in total. The number of carbonyl (C=O) groups excluding carboxylic acids is 2. The standard InChI is InChI=1S/C44H47BrN6O5Si/c1-29-42(57(3,4)36-17-15-35(55-2)16-18-36)40(22-24-49-28-33(23-25-52)46-48-49)56-44(29)37-26-32(45)12-20-39(37)50(43(44)54)27-30-10-13-34(14-11-30)51-41(53)21-19-38(47-51)31-8-6-5-7-9-31/h5-18,20,26,28-29,40,42,52H,19,21-25,27H2,1-4H3/t29-,40+,42-,44+/m0/s1. The number of hydrogen-bond acceptors (Lipinski definition) is 8. The van der Waals surface area contributed by atoms with Crippen molar-refractivity contribution in [2.45, 2.75) is 76.0 Å². The van der Waals surface area contributed by atoms with Crippen LogP contribution >= 0.6 is 15.9 Å². The minimum atomic E-state index is -2.35. The van der Waals surface area contributed by atoms with Gasteiger partial charge in [0, 0.05) is 54.6 Å². The molecule has 0 bridgehead atoms. The van der Waals surface area contributed by atoms with Crippen molar-refractivity contribution in [3.8, 4) is 5.75 Å². The summed E-state index contributed by atoms with van der Waals surface area (Å²) < 4.78 is 15.5. The Kier molecular flexibility index (Phi) is 10.8. The summed E-state index contributed by atoms with van der Waals surface area (Å²) in [6.45, 7) is 7.84. The number of anilines is 2. The Balaban J connectivity index is 1.11. The number of nitrogens with zero attached hydrogens (tertiary/aromatic N) is 6. The molecular formula is C44H47BrN6O5Si. The zero-order valence-electron chi connectivity index (χ0n) is 32.6. The van der Waals surface area contributed by atoms with E-state index in [4.69, 9.17) is 14.6 Å². The van der Waals surface area contributed by atoms with Crippen LogP contribution in [0.1, 0.15) is 48.6 Å². The number of aliphatic hydroxyl groups is 1. The Labute approximate surface area is 342 Å². The SMILES string of the molecule is COc1ccc([Si](C)(C)[C@@H]2[C@@H](CCn3cc(CCO)nn3)O[C@]3(C(=O)N(Cc4ccc(N5N=C(c6ccccc6)CCC5=O)cc4)c4ccc(Br)cc43)[C@H]2C)cc1. The van der Waals surface area contributed by atoms with Crippen LogP contribution in [-0.4, -0.2) is 65.5 Å². The van der Waals surface area contributed by atoms with E-state index in [2.05, 4.69) is 64.5 Å². The van der Waals surface area contributed by atoms with Crippen molar-refractivity contribution < 1.29 is 24.2 Å². The Morgan fingerprint density at radius 1 is 0.982 bits per heavy atom. The van der Waals surface area contributed by atoms with Crippen LogP contribution in [0.25, 0.3) is 0 Å². The Morgan fingerprint density at radius 3 is 2.46 bits per heavy atom. The minimum Gasteiger partial charge on any atom is -0.497 e. The molecule has 1 fully saturated rings. The van der Waals surface area contributed by atoms with Crippen molar-refractivity contribution in [1.82, 2.24) is 15.0 Å². The normalized spacial score (nSPS) is 22.0. The van der Waals surface area contributed by atoms with Gasteiger partial charge in [0.2, 0.25) is 5.91 Å². The van der Waals surface area contributed by atoms with Gasteiger partial charge in [0.1, 0.15) is 5.75 Å². The summed E-state index contributed by atoms with van der Waals surface area (Å²) in [7, 11) is -0.673. The van der Waals surface area contributed by atoms with Crippen molar-refractivity contribution >= 4 is 58.1 Å². The lowest BCUT2D eigenvalue weighted by atomic mass is 9.82. The number of aliphatic hydroxyl groups excluding tert-OH is 1. The van der Waals surface area contributed by atoms with Gasteiger partial charge in [-0.1, -0.05) is 101 Å². The maximum absolute atomic E-state index is 15.3. The molecule has 1 aromatic heterocycles. The first-order valence-electron chi connectivity index (χ1n) is 19.5. The number of hydrazone groups is 1. The molecule has 0 aliphatic carbocycles. The first-order valence-corrected chi connectivity index (χ1v) is 23.4. The van der Waals surface area contributed by atoms with Crippen LogP contribution in [-0.2, 0) is 39.4 Å². The second kappa shape index (κ2) is 15.8. The first kappa shape index (κ1) is 38.9. The molecule has 4 atom stereocenters. The summed E-state index contributed by atoms with van der Waals surface area (Å²) in [6.07, 6.45) is 3.67. The van der Waals surface area contributed by atoms with Gasteiger partial charge in [0.25, 0.3) is 5.91 Å². The average Bonchev–Trinajstić information content (AvgIpc) is 3.87. The zero-order chi connectivity index (χ0) is 39.9. The minimum absolute atomic E-state index is 0.00811. The van der Waals surface area contributed by atoms with Gasteiger partial charge in [-0.3, -0.25) is 14.3 Å². The monoisotopic (exact) mass is 846 g/mol. The molecule has 5 aromatic rings. The smallest absolute Gasteiger partial charge is 0.264 e. The average molecular weight is 848 g/mol. The second-order valence-electron chi connectivity index (χ2n) is 15.7. The third-order valence-electron chi connectivity index (χ3n) is 12.1. The maximum atomic E-state index is 15.3. The van der Waals surface area contributed by atoms with Gasteiger partial charge in [-0.2, -0.15) is 5.10 Å². The second-order valence-corrected chi connectivity index (χ2v) is 21.3. The highest BCUT2D eigenvalue weighted by atomic mass is 79.9. The molecule has 0 radical (unpaired) electrons. The fourth-order valence-corrected chi connectivity index (χ4v) is 13.6. The van der Waals surface area contributed by atoms with E-state index in [1.807, 2.05) is 94.6 Å². The summed E-state index contributed by atoms with van der Waals surface area (Å²) in [5, 5.41) is 25.5. The van der Waals surface area contributed by atoms with E-state index >= 15 is 4.79 Å². The number of aromatic nitrogens is 3. The molecule has 57 heavy (non-hydrogen) atoms. The number of methoxy groups -OCH3 is 1. The summed E-state index contributed by atoms with van der Waals surface area (Å²) in [6, 6.07) is 32.1. The first-order chi connectivity index (χ1) is 27.5. The number of benzene rings is 4. The number of carbonyl (C=O) groups is 2. The van der Waals surface area contributed by atoms with Gasteiger partial charge in [0.05, 0.1) is 50.6 Å². The van der Waals surface area contributed by atoms with Crippen LogP contribution < -0.4 is 19.8 Å². The molecule has 0 saturated carbocycles. The molecule has 3 aliphatic heterocycles. The van der Waals surface area contributed by atoms with Gasteiger partial charge < -0.3 is 19.5 Å². The number of hydrogen-bond donors (Lipinski definition) is 1. The molecule has 4 heterocycles. The molecule has 8 rings (SSSR count). The number of fused-ring (bicyclic) bond motifs is 2. The fourth-order valence-electron chi connectivity index (χ4n) is 9.17. The molecule has 2 amide bonds. The van der Waals surface area contributed by atoms with Gasteiger partial charge in [0.15, 0.2) is 5.60 Å². The lowest BCUT2D eigenvalue weighted by molar-refractivity contribution is -0.146. The van der Waals surface area contributed by atoms with Gasteiger partial charge >= 0.3 is 0 Å². The Morgan fingerprint density at radius 2 is 1.74 bits per heavy atom. The summed E-state index contributed by atoms with van der Waals surface area (Å²) in [5.41, 5.74) is 4.77. The Hall–Kier alpha value is -4.95. The highest BCUT2D eigenvalue weighted by molar-refractivity contribution is 9.10. The zero-order valence-corrected chi connectivity index (χ0v) is 35.2. The highest BCUT2D eigenvalue weighted by Crippen LogP contribution is 2.60. The number of ether oxygens (including phenoxy) is 2. The van der Waals surface area contributed by atoms with Crippen molar-refractivity contribution in [2.24, 2.45) is 11.0 Å². The van der Waals surface area contributed by atoms with E-state index in [1.54, 1.807) is 7.11 Å². The van der Waals surface area contributed by atoms with Crippen LogP contribution in [0.5, 0.6) is 5.75 Å². The summed E-state index contributed by atoms with van der Waals surface area (Å²) >= 11 is 3.72. The molecule has 1 spiro atoms. The number of rotatable bonds is 12. The summed E-state index contributed by atoms with van der Waals surface area (Å²) in [4.78, 5) is 30.2. The topological polar surface area (TPSA) is 122 Å². The van der Waals surface area contributed by atoms with E-state index in [9.17, 15) is 9.90 Å². The van der Waals surface area contributed by atoms with Crippen LogP contribution in [0.4, 0.5) is 11.4 Å². The van der Waals surface area contributed by atoms with Crippen LogP contribution in [0.15, 0.2) is 113 Å². The Bertz CT molecular complexity index is 2300. The van der Waals surface area contributed by atoms with E-state index in [1.165, 1.54) is 10.2 Å². The van der Waals surface area contributed by atoms with Gasteiger partial charge in [-0.05, 0) is 65.6 Å². The fraction of sp³-hybridized carbons (Fsp3) is 0.341. The third kappa shape index (κ3) is 7.15. The van der Waals surface area contributed by atoms with Crippen LogP contribution in [0.3, 0.4) is 0 Å². The van der Waals surface area contributed by atoms with E-state index < -0.39 is 13.7 Å². The summed E-state index contributed by atoms with van der Waals surface area (Å²) in [5.74, 6) is 0.513. The van der Waals surface area contributed by atoms with Gasteiger partial charge in [-0.15, -0.1) is 5.10 Å². The predicted octanol–water partition coefficient (Wildman–Crippen LogP) is 6.97. The lowest BCUT2D eigenvalue weighted by Crippen LogP contribution is -2.51. The van der Waals surface area contributed by atoms with Crippen molar-refractivity contribution in [3.63, 3.8) is 0 Å². The van der Waals surface area contributed by atoms with Crippen molar-refractivity contribution in [2.75, 3.05) is 23.6 Å². The van der Waals surface area contributed by atoms with Crippen molar-refractivity contribution in [3.05, 3.63) is 130 Å². The van der Waals surface area contributed by atoms with Gasteiger partial charge in [-0.25, -0.2) is 5.01 Å². The van der Waals surface area contributed by atoms with E-state index in [0.717, 1.165) is 44.0 Å². The largest absolute Gasteiger partial charge is 0.497 e. The number of halogens is 1. The molecular weight excluding hydrogens is 801 g/mol. The number of aryl methyl sites for hydroxylation is 1. The quantitative estimate of drug-likeness (QED) is 0.135. The highest BCUT2D eigenvalue weighted by Gasteiger charge is 2.66. The molecule has 0 unspecified atom stereocenters. The van der Waals surface area contributed by atoms with Crippen LogP contribution in [0.2, 0.25) is 18.6 Å². The lowest BCUT2D eigenvalue weighted by Gasteiger charge is -2.37. The maximum Gasteiger partial charge on any atom is 0.264 e. The molecule has 1 saturated heterocycles. The molecule has 13 heteroatoms. The van der Waals surface area contributed by atoms with E-state index in [-0.39, 0.29) is 36.0 Å². The van der Waals surface area contributed by atoms with E-state index in [0.29, 0.717) is 44.5 Å². The molecule has 3 aliphatic rings.